The van der Waals surface area contributed by atoms with E-state index in [0.29, 0.717) is 12.1 Å². The van der Waals surface area contributed by atoms with Crippen LogP contribution < -0.4 is 21.6 Å². The fraction of sp³-hybridized carbons (Fsp3) is 1.00. The van der Waals surface area contributed by atoms with Crippen LogP contribution in [-0.4, -0.2) is 35.1 Å². The molecule has 1 saturated heterocycles. The third kappa shape index (κ3) is 2.85. The Morgan fingerprint density at radius 2 is 2.33 bits per heavy atom. The van der Waals surface area contributed by atoms with Gasteiger partial charge in [-0.1, -0.05) is 0 Å². The van der Waals surface area contributed by atoms with Crippen LogP contribution in [0.1, 0.15) is 26.7 Å². The zero-order valence-electron chi connectivity index (χ0n) is 8.22. The molecule has 0 radical (unpaired) electrons. The fourth-order valence-corrected chi connectivity index (χ4v) is 2.63. The molecule has 1 rings (SSSR count). The molecule has 1 fully saturated rings. The summed E-state index contributed by atoms with van der Waals surface area (Å²) in [7, 11) is 0. The van der Waals surface area contributed by atoms with E-state index in [9.17, 15) is 0 Å². The van der Waals surface area contributed by atoms with E-state index in [1.807, 2.05) is 0 Å². The molecule has 1 heterocycles. The molecule has 12 heavy (non-hydrogen) atoms. The van der Waals surface area contributed by atoms with Gasteiger partial charge >= 0.3 is 86.4 Å². The Hall–Kier alpha value is 0.650. The predicted octanol–water partition coefficient (Wildman–Crippen LogP) is -1.49. The Balaban J connectivity index is 2.30. The zero-order chi connectivity index (χ0) is 8.97. The molecule has 3 heteroatoms. The number of alkyl halides is 1. The van der Waals surface area contributed by atoms with E-state index in [-0.39, 0.29) is 21.6 Å². The molecule has 0 saturated carbocycles. The maximum atomic E-state index is 5.57. The molecule has 1 atom stereocenters. The van der Waals surface area contributed by atoms with Gasteiger partial charge in [0.1, 0.15) is 0 Å². The first kappa shape index (κ1) is 10.7. The molecule has 0 N–H and O–H groups in total. The zero-order valence-corrected chi connectivity index (χ0v) is 10.4. The average Bonchev–Trinajstić information content (AvgIpc) is 2.48. The number of hydrogen-bond acceptors (Lipinski definition) is 2. The normalized spacial score (nSPS) is 25.8. The molecule has 0 amide bonds. The first-order valence-corrected chi connectivity index (χ1v) is 7.66. The molecule has 0 aromatic carbocycles. The maximum absolute atomic E-state index is 5.57. The molecule has 1 aliphatic heterocycles. The molecule has 0 unspecified atom stereocenters. The van der Waals surface area contributed by atoms with E-state index in [2.05, 4.69) is 23.7 Å². The van der Waals surface area contributed by atoms with Crippen LogP contribution >= 0.6 is 0 Å². The van der Waals surface area contributed by atoms with Gasteiger partial charge in [0.05, 0.1) is 0 Å². The van der Waals surface area contributed by atoms with Crippen molar-refractivity contribution in [3.63, 3.8) is 0 Å². The Morgan fingerprint density at radius 3 is 2.92 bits per heavy atom. The second-order valence-electron chi connectivity index (χ2n) is 3.56. The van der Waals surface area contributed by atoms with E-state index in [1.54, 1.807) is 0 Å². The molecule has 0 aromatic heterocycles. The van der Waals surface area contributed by atoms with Crippen LogP contribution in [0.2, 0.25) is 0 Å². The Bertz CT molecular complexity index is 130. The Morgan fingerprint density at radius 1 is 1.58 bits per heavy atom. The van der Waals surface area contributed by atoms with E-state index in [1.165, 1.54) is 19.4 Å². The first-order valence-electron chi connectivity index (χ1n) is 4.62. The third-order valence-electron chi connectivity index (χ3n) is 2.45. The van der Waals surface area contributed by atoms with Crippen molar-refractivity contribution in [2.24, 2.45) is 0 Å². The number of rotatable bonds is 4. The second kappa shape index (κ2) is 5.40. The first-order chi connectivity index (χ1) is 5.75. The molecule has 1 aliphatic rings. The summed E-state index contributed by atoms with van der Waals surface area (Å²) in [6.45, 7) is 6.80. The Labute approximate surface area is 86.5 Å². The summed E-state index contributed by atoms with van der Waals surface area (Å²) in [6, 6.07) is 1.40. The van der Waals surface area contributed by atoms with Gasteiger partial charge in [-0.05, 0) is 0 Å². The van der Waals surface area contributed by atoms with Gasteiger partial charge in [0.25, 0.3) is 0 Å². The van der Waals surface area contributed by atoms with Gasteiger partial charge in [-0.2, -0.15) is 0 Å². The van der Waals surface area contributed by atoms with Crippen LogP contribution in [0.25, 0.3) is 0 Å². The summed E-state index contributed by atoms with van der Waals surface area (Å²) in [5.41, 5.74) is 0. The van der Waals surface area contributed by atoms with Gasteiger partial charge in [-0.15, -0.1) is 0 Å². The number of nitrogens with zero attached hydrogens (tertiary/aromatic N) is 1. The topological polar surface area (TPSA) is 12.5 Å². The van der Waals surface area contributed by atoms with Gasteiger partial charge in [0.2, 0.25) is 0 Å². The number of hydrogen-bond donors (Lipinski definition) is 0. The van der Waals surface area contributed by atoms with Crippen LogP contribution in [-0.2, 0) is 3.07 Å². The molecule has 0 bridgehead atoms. The predicted molar refractivity (Wildman–Crippen MR) is 46.7 cm³/mol. The summed E-state index contributed by atoms with van der Waals surface area (Å²) in [5.74, 6) is 0. The van der Waals surface area contributed by atoms with Gasteiger partial charge in [-0.3, -0.25) is 0 Å². The second-order valence-corrected chi connectivity index (χ2v) is 5.06. The van der Waals surface area contributed by atoms with Gasteiger partial charge in [-0.25, -0.2) is 0 Å². The summed E-state index contributed by atoms with van der Waals surface area (Å²) >= 11 is 0.0234. The molecular weight excluding hydrogens is 265 g/mol. The van der Waals surface area contributed by atoms with Crippen LogP contribution in [0, 0.1) is 0 Å². The van der Waals surface area contributed by atoms with Crippen LogP contribution in [0.3, 0.4) is 0 Å². The standard InChI is InChI=1S/C9H19INO/c1-8(2)11-6-4-5-9(11)7-12-10-3/h8-9H,4-7H2,1-3H3/q-1/t9-/m0/s1. The Kier molecular flexibility index (Phi) is 4.82. The minimum atomic E-state index is 0.0234. The summed E-state index contributed by atoms with van der Waals surface area (Å²) in [6.07, 6.45) is 2.69. The molecular formula is C9H19INO-. The SMILES string of the molecule is C[I-]OC[C@@H]1CCCN1C(C)C. The summed E-state index contributed by atoms with van der Waals surface area (Å²) < 4.78 is 5.57. The fourth-order valence-electron chi connectivity index (χ4n) is 1.85. The molecule has 0 aliphatic carbocycles. The van der Waals surface area contributed by atoms with Crippen molar-refractivity contribution in [2.45, 2.75) is 38.8 Å². The minimum absolute atomic E-state index is 0.0234. The van der Waals surface area contributed by atoms with Gasteiger partial charge in [0.15, 0.2) is 0 Å². The van der Waals surface area contributed by atoms with Gasteiger partial charge in [0, 0.05) is 0 Å². The van der Waals surface area contributed by atoms with Gasteiger partial charge < -0.3 is 0 Å². The van der Waals surface area contributed by atoms with E-state index in [0.717, 1.165) is 6.61 Å². The molecule has 2 nitrogen and oxygen atoms in total. The molecule has 74 valence electrons. The molecule has 0 aromatic rings. The summed E-state index contributed by atoms with van der Waals surface area (Å²) in [4.78, 5) is 4.74. The van der Waals surface area contributed by atoms with Crippen molar-refractivity contribution in [1.82, 2.24) is 4.90 Å². The van der Waals surface area contributed by atoms with Crippen molar-refractivity contribution < 1.29 is 24.7 Å². The average molecular weight is 284 g/mol. The van der Waals surface area contributed by atoms with E-state index in [4.69, 9.17) is 3.07 Å². The molecule has 0 spiro atoms. The number of halogens is 1. The van der Waals surface area contributed by atoms with Crippen LogP contribution in [0.15, 0.2) is 0 Å². The van der Waals surface area contributed by atoms with Crippen molar-refractivity contribution in [3.05, 3.63) is 0 Å². The van der Waals surface area contributed by atoms with E-state index < -0.39 is 0 Å². The monoisotopic (exact) mass is 284 g/mol. The third-order valence-corrected chi connectivity index (χ3v) is 3.43. The van der Waals surface area contributed by atoms with Crippen LogP contribution in [0.4, 0.5) is 0 Å². The van der Waals surface area contributed by atoms with Crippen molar-refractivity contribution in [1.29, 1.82) is 0 Å². The van der Waals surface area contributed by atoms with Crippen molar-refractivity contribution in [3.8, 4) is 0 Å². The quantitative estimate of drug-likeness (QED) is 0.461. The summed E-state index contributed by atoms with van der Waals surface area (Å²) in [5, 5.41) is 0. The van der Waals surface area contributed by atoms with Crippen LogP contribution in [0.5, 0.6) is 0 Å². The van der Waals surface area contributed by atoms with E-state index >= 15 is 0 Å². The van der Waals surface area contributed by atoms with Crippen molar-refractivity contribution in [2.75, 3.05) is 18.1 Å². The number of likely N-dealkylation sites (tertiary alicyclic amines) is 1. The van der Waals surface area contributed by atoms with Crippen molar-refractivity contribution >= 4 is 0 Å².